The van der Waals surface area contributed by atoms with E-state index < -0.39 is 11.6 Å². The smallest absolute Gasteiger partial charge is 0.149 e. The van der Waals surface area contributed by atoms with Crippen LogP contribution < -0.4 is 10.1 Å². The standard InChI is InChI=1S/C14H12ClF2NO/c1-19-13-6-5-10(15)7-9(13)8-18-14-11(16)3-2-4-12(14)17/h2-7,18H,8H2,1H3. The molecule has 0 aliphatic heterocycles. The zero-order valence-corrected chi connectivity index (χ0v) is 11.0. The number of para-hydroxylation sites is 1. The van der Waals surface area contributed by atoms with Gasteiger partial charge in [0.2, 0.25) is 0 Å². The molecule has 0 saturated carbocycles. The van der Waals surface area contributed by atoms with E-state index in [4.69, 9.17) is 16.3 Å². The number of rotatable bonds is 4. The van der Waals surface area contributed by atoms with Crippen molar-refractivity contribution in [2.24, 2.45) is 0 Å². The number of ether oxygens (including phenoxy) is 1. The molecule has 100 valence electrons. The second kappa shape index (κ2) is 5.89. The van der Waals surface area contributed by atoms with Crippen molar-refractivity contribution in [3.8, 4) is 5.75 Å². The summed E-state index contributed by atoms with van der Waals surface area (Å²) in [7, 11) is 1.52. The van der Waals surface area contributed by atoms with E-state index >= 15 is 0 Å². The maximum Gasteiger partial charge on any atom is 0.149 e. The number of anilines is 1. The first-order chi connectivity index (χ1) is 9.11. The van der Waals surface area contributed by atoms with Crippen LogP contribution in [0.2, 0.25) is 5.02 Å². The molecule has 1 N–H and O–H groups in total. The Balaban J connectivity index is 2.21. The number of hydrogen-bond donors (Lipinski definition) is 1. The quantitative estimate of drug-likeness (QED) is 0.906. The molecule has 0 heterocycles. The van der Waals surface area contributed by atoms with E-state index in [0.717, 1.165) is 5.56 Å². The summed E-state index contributed by atoms with van der Waals surface area (Å²) in [6.07, 6.45) is 0. The summed E-state index contributed by atoms with van der Waals surface area (Å²) in [6, 6.07) is 8.79. The first-order valence-corrected chi connectivity index (χ1v) is 6.00. The summed E-state index contributed by atoms with van der Waals surface area (Å²) in [5.74, 6) is -0.671. The molecule has 0 amide bonds. The van der Waals surface area contributed by atoms with E-state index in [2.05, 4.69) is 5.32 Å². The van der Waals surface area contributed by atoms with Gasteiger partial charge in [-0.15, -0.1) is 0 Å². The Morgan fingerprint density at radius 3 is 2.47 bits per heavy atom. The summed E-state index contributed by atoms with van der Waals surface area (Å²) in [5.41, 5.74) is 0.558. The summed E-state index contributed by atoms with van der Waals surface area (Å²) in [6.45, 7) is 0.210. The molecular formula is C14H12ClF2NO. The zero-order valence-electron chi connectivity index (χ0n) is 10.2. The molecule has 0 saturated heterocycles. The Labute approximate surface area is 115 Å². The highest BCUT2D eigenvalue weighted by Gasteiger charge is 2.09. The molecule has 19 heavy (non-hydrogen) atoms. The van der Waals surface area contributed by atoms with Gasteiger partial charge in [0.25, 0.3) is 0 Å². The Bertz CT molecular complexity index is 569. The van der Waals surface area contributed by atoms with Crippen LogP contribution in [0.4, 0.5) is 14.5 Å². The maximum absolute atomic E-state index is 13.5. The van der Waals surface area contributed by atoms with Crippen molar-refractivity contribution in [3.05, 3.63) is 58.6 Å². The monoisotopic (exact) mass is 283 g/mol. The fourth-order valence-electron chi connectivity index (χ4n) is 1.74. The second-order valence-corrected chi connectivity index (χ2v) is 4.34. The second-order valence-electron chi connectivity index (χ2n) is 3.91. The van der Waals surface area contributed by atoms with Crippen molar-refractivity contribution in [3.63, 3.8) is 0 Å². The predicted octanol–water partition coefficient (Wildman–Crippen LogP) is 4.24. The number of nitrogens with one attached hydrogen (secondary N) is 1. The minimum Gasteiger partial charge on any atom is -0.496 e. The SMILES string of the molecule is COc1ccc(Cl)cc1CNc1c(F)cccc1F. The van der Waals surface area contributed by atoms with Gasteiger partial charge in [0.15, 0.2) is 0 Å². The lowest BCUT2D eigenvalue weighted by Crippen LogP contribution is -2.05. The summed E-state index contributed by atoms with van der Waals surface area (Å²) in [4.78, 5) is 0. The van der Waals surface area contributed by atoms with Crippen LogP contribution in [0.1, 0.15) is 5.56 Å². The lowest BCUT2D eigenvalue weighted by Gasteiger charge is -2.12. The molecule has 0 radical (unpaired) electrons. The Morgan fingerprint density at radius 1 is 1.16 bits per heavy atom. The lowest BCUT2D eigenvalue weighted by molar-refractivity contribution is 0.410. The molecule has 0 aromatic heterocycles. The summed E-state index contributed by atoms with van der Waals surface area (Å²) in [5, 5.41) is 3.24. The van der Waals surface area contributed by atoms with Crippen LogP contribution in [0.5, 0.6) is 5.75 Å². The highest BCUT2D eigenvalue weighted by Crippen LogP contribution is 2.25. The molecule has 0 aliphatic rings. The van der Waals surface area contributed by atoms with Gasteiger partial charge in [-0.2, -0.15) is 0 Å². The van der Waals surface area contributed by atoms with Crippen LogP contribution in [-0.2, 0) is 6.54 Å². The topological polar surface area (TPSA) is 21.3 Å². The maximum atomic E-state index is 13.5. The van der Waals surface area contributed by atoms with Crippen molar-refractivity contribution in [2.75, 3.05) is 12.4 Å². The summed E-state index contributed by atoms with van der Waals surface area (Å²) >= 11 is 5.89. The third-order valence-electron chi connectivity index (χ3n) is 2.66. The van der Waals surface area contributed by atoms with Crippen LogP contribution >= 0.6 is 11.6 Å². The van der Waals surface area contributed by atoms with E-state index in [1.807, 2.05) is 0 Å². The average Bonchev–Trinajstić information content (AvgIpc) is 2.38. The van der Waals surface area contributed by atoms with Gasteiger partial charge >= 0.3 is 0 Å². The van der Waals surface area contributed by atoms with E-state index in [0.29, 0.717) is 10.8 Å². The van der Waals surface area contributed by atoms with Gasteiger partial charge < -0.3 is 10.1 Å². The van der Waals surface area contributed by atoms with Crippen LogP contribution in [-0.4, -0.2) is 7.11 Å². The average molecular weight is 284 g/mol. The molecule has 0 bridgehead atoms. The van der Waals surface area contributed by atoms with E-state index in [-0.39, 0.29) is 12.2 Å². The van der Waals surface area contributed by atoms with Crippen LogP contribution in [0, 0.1) is 11.6 Å². The van der Waals surface area contributed by atoms with Crippen LogP contribution in [0.3, 0.4) is 0 Å². The Morgan fingerprint density at radius 2 is 1.84 bits per heavy atom. The Hall–Kier alpha value is -1.81. The van der Waals surface area contributed by atoms with Gasteiger partial charge in [-0.1, -0.05) is 17.7 Å². The fourth-order valence-corrected chi connectivity index (χ4v) is 1.93. The lowest BCUT2D eigenvalue weighted by atomic mass is 10.2. The third kappa shape index (κ3) is 3.15. The summed E-state index contributed by atoms with van der Waals surface area (Å²) < 4.78 is 32.1. The molecule has 5 heteroatoms. The van der Waals surface area contributed by atoms with Gasteiger partial charge in [-0.3, -0.25) is 0 Å². The van der Waals surface area contributed by atoms with E-state index in [1.165, 1.54) is 25.3 Å². The highest BCUT2D eigenvalue weighted by atomic mass is 35.5. The van der Waals surface area contributed by atoms with Crippen LogP contribution in [0.25, 0.3) is 0 Å². The predicted molar refractivity (Wildman–Crippen MR) is 71.7 cm³/mol. The molecule has 2 nitrogen and oxygen atoms in total. The first-order valence-electron chi connectivity index (χ1n) is 5.62. The van der Waals surface area contributed by atoms with Gasteiger partial charge in [0.05, 0.1) is 7.11 Å². The van der Waals surface area contributed by atoms with Gasteiger partial charge in [0.1, 0.15) is 23.1 Å². The van der Waals surface area contributed by atoms with Crippen molar-refractivity contribution in [1.29, 1.82) is 0 Å². The van der Waals surface area contributed by atoms with Crippen molar-refractivity contribution in [2.45, 2.75) is 6.54 Å². The van der Waals surface area contributed by atoms with Crippen molar-refractivity contribution >= 4 is 17.3 Å². The molecule has 2 aromatic carbocycles. The Kier molecular flexibility index (Phi) is 4.22. The van der Waals surface area contributed by atoms with E-state index in [9.17, 15) is 8.78 Å². The molecule has 0 aliphatic carbocycles. The normalized spacial score (nSPS) is 10.3. The minimum absolute atomic E-state index is 0.162. The molecule has 0 unspecified atom stereocenters. The van der Waals surface area contributed by atoms with Crippen molar-refractivity contribution in [1.82, 2.24) is 0 Å². The van der Waals surface area contributed by atoms with Crippen LogP contribution in [0.15, 0.2) is 36.4 Å². The molecule has 0 atom stereocenters. The fraction of sp³-hybridized carbons (Fsp3) is 0.143. The van der Waals surface area contributed by atoms with Crippen molar-refractivity contribution < 1.29 is 13.5 Å². The molecular weight excluding hydrogens is 272 g/mol. The highest BCUT2D eigenvalue weighted by molar-refractivity contribution is 6.30. The minimum atomic E-state index is -0.638. The zero-order chi connectivity index (χ0) is 13.8. The molecule has 2 aromatic rings. The largest absolute Gasteiger partial charge is 0.496 e. The molecule has 0 spiro atoms. The van der Waals surface area contributed by atoms with Gasteiger partial charge in [-0.05, 0) is 30.3 Å². The number of benzene rings is 2. The first kappa shape index (κ1) is 13.6. The molecule has 2 rings (SSSR count). The van der Waals surface area contributed by atoms with E-state index in [1.54, 1.807) is 18.2 Å². The van der Waals surface area contributed by atoms with Gasteiger partial charge in [-0.25, -0.2) is 8.78 Å². The number of halogens is 3. The van der Waals surface area contributed by atoms with Gasteiger partial charge in [0, 0.05) is 17.1 Å². The molecule has 0 fully saturated rings. The third-order valence-corrected chi connectivity index (χ3v) is 2.90. The number of hydrogen-bond acceptors (Lipinski definition) is 2. The number of methoxy groups -OCH3 is 1.